The summed E-state index contributed by atoms with van der Waals surface area (Å²) in [6.07, 6.45) is 1.23. The van der Waals surface area contributed by atoms with Crippen LogP contribution in [-0.4, -0.2) is 23.8 Å². The minimum atomic E-state index is -0.528. The van der Waals surface area contributed by atoms with Crippen LogP contribution >= 0.6 is 43.3 Å². The van der Waals surface area contributed by atoms with E-state index in [-0.39, 0.29) is 13.2 Å². The summed E-state index contributed by atoms with van der Waals surface area (Å²) >= 11 is 0. The molecule has 0 aliphatic carbocycles. The van der Waals surface area contributed by atoms with E-state index in [1.54, 1.807) is 0 Å². The zero-order valence-electron chi connectivity index (χ0n) is 7.03. The molecule has 0 saturated carbocycles. The van der Waals surface area contributed by atoms with Crippen LogP contribution in [0.3, 0.4) is 0 Å². The first-order valence-electron chi connectivity index (χ1n) is 3.61. The van der Waals surface area contributed by atoms with Gasteiger partial charge in [-0.05, 0) is 34.2 Å². The number of carbonyl (C=O) groups is 2. The fourth-order valence-electron chi connectivity index (χ4n) is 0.560. The quantitative estimate of drug-likeness (QED) is 0.563. The highest BCUT2D eigenvalue weighted by molar-refractivity contribution is 8.32. The lowest BCUT2D eigenvalue weighted by Gasteiger charge is -2.02. The average molecular weight is 279 g/mol. The van der Waals surface area contributed by atoms with Crippen LogP contribution in [-0.2, 0) is 9.47 Å². The molecule has 0 N–H and O–H groups in total. The largest absolute Gasteiger partial charge is 0.457 e. The molecule has 14 heavy (non-hydrogen) atoms. The van der Waals surface area contributed by atoms with Gasteiger partial charge in [-0.15, -0.1) is 0 Å². The van der Waals surface area contributed by atoms with E-state index >= 15 is 0 Å². The number of halogens is 2. The molecule has 82 valence electrons. The first-order valence-corrected chi connectivity index (χ1v) is 6.90. The number of hydrogen-bond donors (Lipinski definition) is 0. The van der Waals surface area contributed by atoms with E-state index in [0.717, 1.165) is 0 Å². The first-order chi connectivity index (χ1) is 6.70. The average Bonchev–Trinajstić information content (AvgIpc) is 2.22. The SMILES string of the molecule is O=C(OCCCCOC(=O)SCl)SCl. The van der Waals surface area contributed by atoms with Crippen molar-refractivity contribution in [3.05, 3.63) is 0 Å². The second-order valence-electron chi connectivity index (χ2n) is 2.06. The second-order valence-corrected chi connectivity index (χ2v) is 3.96. The van der Waals surface area contributed by atoms with Crippen molar-refractivity contribution in [2.75, 3.05) is 13.2 Å². The molecular formula is C6H8Cl2O4S2. The van der Waals surface area contributed by atoms with Crippen molar-refractivity contribution in [2.24, 2.45) is 0 Å². The molecule has 0 heterocycles. The number of carbonyl (C=O) groups excluding carboxylic acids is 2. The van der Waals surface area contributed by atoms with Crippen molar-refractivity contribution in [3.63, 3.8) is 0 Å². The molecule has 0 bridgehead atoms. The summed E-state index contributed by atoms with van der Waals surface area (Å²) in [5, 5.41) is -1.06. The third kappa shape index (κ3) is 8.80. The van der Waals surface area contributed by atoms with E-state index in [4.69, 9.17) is 21.4 Å². The number of rotatable bonds is 5. The molecule has 0 saturated heterocycles. The van der Waals surface area contributed by atoms with Gasteiger partial charge in [0.1, 0.15) is 0 Å². The van der Waals surface area contributed by atoms with Gasteiger partial charge in [0.15, 0.2) is 0 Å². The monoisotopic (exact) mass is 278 g/mol. The normalized spacial score (nSPS) is 9.57. The summed E-state index contributed by atoms with van der Waals surface area (Å²) < 4.78 is 9.29. The lowest BCUT2D eigenvalue weighted by molar-refractivity contribution is 0.156. The topological polar surface area (TPSA) is 52.6 Å². The first kappa shape index (κ1) is 14.2. The van der Waals surface area contributed by atoms with E-state index in [0.29, 0.717) is 34.8 Å². The van der Waals surface area contributed by atoms with Crippen LogP contribution < -0.4 is 0 Å². The van der Waals surface area contributed by atoms with Crippen molar-refractivity contribution in [1.82, 2.24) is 0 Å². The molecule has 0 rings (SSSR count). The summed E-state index contributed by atoms with van der Waals surface area (Å²) in [5.41, 5.74) is 0. The van der Waals surface area contributed by atoms with Gasteiger partial charge >= 0.3 is 10.6 Å². The van der Waals surface area contributed by atoms with Gasteiger partial charge < -0.3 is 9.47 Å². The molecule has 4 nitrogen and oxygen atoms in total. The maximum Gasteiger partial charge on any atom is 0.382 e. The molecule has 0 aromatic heterocycles. The standard InChI is InChI=1S/C6H8Cl2O4S2/c7-13-5(9)11-3-1-2-4-12-6(10)14-8/h1-4H2. The van der Waals surface area contributed by atoms with Crippen LogP contribution in [0.2, 0.25) is 0 Å². The van der Waals surface area contributed by atoms with Crippen molar-refractivity contribution >= 4 is 53.9 Å². The predicted octanol–water partition coefficient (Wildman–Crippen LogP) is 3.81. The Morgan fingerprint density at radius 3 is 1.57 bits per heavy atom. The highest BCUT2D eigenvalue weighted by Crippen LogP contribution is 2.11. The summed E-state index contributed by atoms with van der Waals surface area (Å²) in [6, 6.07) is 0. The molecule has 0 fully saturated rings. The van der Waals surface area contributed by atoms with Gasteiger partial charge in [0.05, 0.1) is 35.2 Å². The van der Waals surface area contributed by atoms with E-state index in [1.165, 1.54) is 0 Å². The fraction of sp³-hybridized carbons (Fsp3) is 0.667. The second kappa shape index (κ2) is 9.76. The van der Waals surface area contributed by atoms with Gasteiger partial charge in [0, 0.05) is 0 Å². The third-order valence-electron chi connectivity index (χ3n) is 1.10. The maximum atomic E-state index is 10.5. The van der Waals surface area contributed by atoms with Crippen LogP contribution in [0.5, 0.6) is 0 Å². The Morgan fingerprint density at radius 1 is 0.929 bits per heavy atom. The van der Waals surface area contributed by atoms with Gasteiger partial charge in [-0.1, -0.05) is 0 Å². The van der Waals surface area contributed by atoms with Gasteiger partial charge in [0.25, 0.3) is 0 Å². The molecular weight excluding hydrogens is 271 g/mol. The molecule has 0 radical (unpaired) electrons. The molecule has 0 aromatic carbocycles. The number of ether oxygens (including phenoxy) is 2. The van der Waals surface area contributed by atoms with Crippen molar-refractivity contribution < 1.29 is 19.1 Å². The van der Waals surface area contributed by atoms with E-state index in [2.05, 4.69) is 9.47 Å². The van der Waals surface area contributed by atoms with Crippen molar-refractivity contribution in [1.29, 1.82) is 0 Å². The molecule has 0 aromatic rings. The van der Waals surface area contributed by atoms with Crippen molar-refractivity contribution in [3.8, 4) is 0 Å². The highest BCUT2D eigenvalue weighted by atomic mass is 35.7. The van der Waals surface area contributed by atoms with Gasteiger partial charge in [-0.3, -0.25) is 0 Å². The Labute approximate surface area is 99.0 Å². The Balaban J connectivity index is 3.14. The molecule has 0 aliphatic heterocycles. The van der Waals surface area contributed by atoms with Gasteiger partial charge in [-0.2, -0.15) is 0 Å². The molecule has 0 aliphatic rings. The van der Waals surface area contributed by atoms with Crippen LogP contribution in [0.15, 0.2) is 0 Å². The Morgan fingerprint density at radius 2 is 1.29 bits per heavy atom. The highest BCUT2D eigenvalue weighted by Gasteiger charge is 2.02. The van der Waals surface area contributed by atoms with Gasteiger partial charge in [-0.25, -0.2) is 9.59 Å². The third-order valence-corrected chi connectivity index (χ3v) is 2.35. The summed E-state index contributed by atoms with van der Waals surface area (Å²) in [4.78, 5) is 21.0. The summed E-state index contributed by atoms with van der Waals surface area (Å²) in [6.45, 7) is 0.536. The van der Waals surface area contributed by atoms with Crippen LogP contribution in [0.25, 0.3) is 0 Å². The Kier molecular flexibility index (Phi) is 9.92. The number of hydrogen-bond acceptors (Lipinski definition) is 6. The molecule has 0 amide bonds. The molecule has 0 atom stereocenters. The zero-order valence-corrected chi connectivity index (χ0v) is 10.2. The zero-order chi connectivity index (χ0) is 10.8. The smallest absolute Gasteiger partial charge is 0.382 e. The lowest BCUT2D eigenvalue weighted by atomic mass is 10.3. The maximum absolute atomic E-state index is 10.5. The molecule has 0 spiro atoms. The van der Waals surface area contributed by atoms with E-state index in [9.17, 15) is 9.59 Å². The Hall–Kier alpha value is 0.220. The minimum Gasteiger partial charge on any atom is -0.457 e. The summed E-state index contributed by atoms with van der Waals surface area (Å²) in [5.74, 6) is 0. The van der Waals surface area contributed by atoms with Crippen LogP contribution in [0.1, 0.15) is 12.8 Å². The van der Waals surface area contributed by atoms with Crippen molar-refractivity contribution in [2.45, 2.75) is 12.8 Å². The predicted molar refractivity (Wildman–Crippen MR) is 58.8 cm³/mol. The Bertz CT molecular complexity index is 171. The van der Waals surface area contributed by atoms with E-state index < -0.39 is 10.6 Å². The van der Waals surface area contributed by atoms with E-state index in [1.807, 2.05) is 0 Å². The number of unbranched alkanes of at least 4 members (excludes halogenated alkanes) is 1. The fourth-order valence-corrected chi connectivity index (χ4v) is 1.08. The van der Waals surface area contributed by atoms with Crippen LogP contribution in [0.4, 0.5) is 9.59 Å². The molecule has 0 unspecified atom stereocenters. The molecule has 8 heteroatoms. The lowest BCUT2D eigenvalue weighted by Crippen LogP contribution is -2.02. The van der Waals surface area contributed by atoms with Crippen LogP contribution in [0, 0.1) is 0 Å². The van der Waals surface area contributed by atoms with Gasteiger partial charge in [0.2, 0.25) is 0 Å². The summed E-state index contributed by atoms with van der Waals surface area (Å²) in [7, 11) is 11.2. The minimum absolute atomic E-state index is 0.268.